The minimum absolute atomic E-state index is 0.00534. The molecule has 0 radical (unpaired) electrons. The molecule has 8 nitrogen and oxygen atoms in total. The fourth-order valence-electron chi connectivity index (χ4n) is 2.24. The molecule has 150 valence electrons. The average molecular weight is 406 g/mol. The molecule has 0 saturated carbocycles. The Bertz CT molecular complexity index is 941. The van der Waals surface area contributed by atoms with Gasteiger partial charge in [0.15, 0.2) is 6.10 Å². The summed E-state index contributed by atoms with van der Waals surface area (Å²) in [7, 11) is -3.81. The predicted octanol–water partition coefficient (Wildman–Crippen LogP) is 1.98. The molecule has 0 aliphatic heterocycles. The van der Waals surface area contributed by atoms with Gasteiger partial charge in [-0.2, -0.15) is 0 Å². The number of nitrogens with one attached hydrogen (secondary N) is 1. The number of carbonyl (C=O) groups excluding carboxylic acids is 2. The summed E-state index contributed by atoms with van der Waals surface area (Å²) in [6.07, 6.45) is -1.03. The van der Waals surface area contributed by atoms with Gasteiger partial charge in [-0.15, -0.1) is 0 Å². The number of hydrogen-bond donors (Lipinski definition) is 2. The van der Waals surface area contributed by atoms with E-state index in [0.29, 0.717) is 11.4 Å². The number of aryl methyl sites for hydroxylation is 1. The van der Waals surface area contributed by atoms with Gasteiger partial charge in [0, 0.05) is 5.69 Å². The lowest BCUT2D eigenvalue weighted by Crippen LogP contribution is -2.30. The van der Waals surface area contributed by atoms with Crippen molar-refractivity contribution in [1.29, 1.82) is 0 Å². The fraction of sp³-hybridized carbons (Fsp3) is 0.263. The van der Waals surface area contributed by atoms with Crippen molar-refractivity contribution in [3.8, 4) is 5.75 Å². The van der Waals surface area contributed by atoms with Crippen molar-refractivity contribution in [1.82, 2.24) is 0 Å². The summed E-state index contributed by atoms with van der Waals surface area (Å²) in [5, 5.41) is 7.54. The summed E-state index contributed by atoms with van der Waals surface area (Å²) in [5.74, 6) is -0.460. The number of rotatable bonds is 8. The highest BCUT2D eigenvalue weighted by molar-refractivity contribution is 7.89. The van der Waals surface area contributed by atoms with Crippen molar-refractivity contribution in [3.63, 3.8) is 0 Å². The van der Waals surface area contributed by atoms with Crippen molar-refractivity contribution >= 4 is 27.6 Å². The molecule has 2 rings (SSSR count). The summed E-state index contributed by atoms with van der Waals surface area (Å²) in [6, 6.07) is 12.7. The van der Waals surface area contributed by atoms with Gasteiger partial charge in [0.1, 0.15) is 5.75 Å². The Kier molecular flexibility index (Phi) is 7.13. The van der Waals surface area contributed by atoms with E-state index < -0.39 is 28.0 Å². The van der Waals surface area contributed by atoms with Crippen LogP contribution in [-0.4, -0.2) is 33.0 Å². The zero-order valence-electron chi connectivity index (χ0n) is 15.5. The largest absolute Gasteiger partial charge is 0.493 e. The molecule has 0 heterocycles. The molecular weight excluding hydrogens is 384 g/mol. The molecular formula is C19H22N2O6S. The number of primary sulfonamides is 1. The molecule has 0 aliphatic rings. The van der Waals surface area contributed by atoms with Gasteiger partial charge < -0.3 is 14.8 Å². The Labute approximate surface area is 163 Å². The smallest absolute Gasteiger partial charge is 0.310 e. The second kappa shape index (κ2) is 9.34. The molecule has 28 heavy (non-hydrogen) atoms. The first kappa shape index (κ1) is 21.4. The second-order valence-electron chi connectivity index (χ2n) is 6.11. The van der Waals surface area contributed by atoms with Gasteiger partial charge >= 0.3 is 5.97 Å². The Morgan fingerprint density at radius 2 is 1.82 bits per heavy atom. The summed E-state index contributed by atoms with van der Waals surface area (Å²) < 4.78 is 33.0. The van der Waals surface area contributed by atoms with Crippen LogP contribution in [0.25, 0.3) is 0 Å². The van der Waals surface area contributed by atoms with Gasteiger partial charge in [-0.1, -0.05) is 12.1 Å². The predicted molar refractivity (Wildman–Crippen MR) is 103 cm³/mol. The first-order valence-corrected chi connectivity index (χ1v) is 10.0. The molecule has 0 bridgehead atoms. The quantitative estimate of drug-likeness (QED) is 0.646. The number of anilines is 1. The number of ether oxygens (including phenoxy) is 2. The minimum atomic E-state index is -3.81. The number of amides is 1. The molecule has 9 heteroatoms. The molecule has 2 aromatic rings. The maximum Gasteiger partial charge on any atom is 0.310 e. The van der Waals surface area contributed by atoms with Gasteiger partial charge in [0.05, 0.1) is 17.9 Å². The summed E-state index contributed by atoms with van der Waals surface area (Å²) in [6.45, 7) is 3.50. The van der Waals surface area contributed by atoms with E-state index in [-0.39, 0.29) is 17.9 Å². The number of benzene rings is 2. The second-order valence-corrected chi connectivity index (χ2v) is 7.67. The number of carbonyl (C=O) groups is 2. The summed E-state index contributed by atoms with van der Waals surface area (Å²) >= 11 is 0. The molecule has 0 aliphatic carbocycles. The highest BCUT2D eigenvalue weighted by Crippen LogP contribution is 2.14. The van der Waals surface area contributed by atoms with Gasteiger partial charge in [0.2, 0.25) is 10.0 Å². The monoisotopic (exact) mass is 406 g/mol. The normalized spacial score (nSPS) is 12.1. The summed E-state index contributed by atoms with van der Waals surface area (Å²) in [5.41, 5.74) is 1.39. The average Bonchev–Trinajstić information content (AvgIpc) is 2.61. The molecule has 2 aromatic carbocycles. The Balaban J connectivity index is 1.78. The van der Waals surface area contributed by atoms with E-state index in [1.807, 2.05) is 25.1 Å². The van der Waals surface area contributed by atoms with Crippen LogP contribution in [0, 0.1) is 6.92 Å². The van der Waals surface area contributed by atoms with Crippen LogP contribution in [0.1, 0.15) is 18.9 Å². The molecule has 0 saturated heterocycles. The van der Waals surface area contributed by atoms with Gasteiger partial charge in [0.25, 0.3) is 5.91 Å². The van der Waals surface area contributed by atoms with Crippen LogP contribution in [0.5, 0.6) is 5.75 Å². The van der Waals surface area contributed by atoms with E-state index in [0.717, 1.165) is 5.56 Å². The first-order valence-electron chi connectivity index (χ1n) is 8.48. The van der Waals surface area contributed by atoms with Gasteiger partial charge in [-0.25, -0.2) is 13.6 Å². The van der Waals surface area contributed by atoms with E-state index in [9.17, 15) is 18.0 Å². The van der Waals surface area contributed by atoms with Crippen LogP contribution in [0.15, 0.2) is 53.4 Å². The summed E-state index contributed by atoms with van der Waals surface area (Å²) in [4.78, 5) is 23.9. The maximum atomic E-state index is 12.1. The van der Waals surface area contributed by atoms with Crippen molar-refractivity contribution in [2.75, 3.05) is 11.9 Å². The third-order valence-corrected chi connectivity index (χ3v) is 4.62. The molecule has 0 unspecified atom stereocenters. The van der Waals surface area contributed by atoms with Crippen molar-refractivity contribution in [3.05, 3.63) is 54.1 Å². The Morgan fingerprint density at radius 3 is 2.43 bits per heavy atom. The van der Waals surface area contributed by atoms with E-state index in [4.69, 9.17) is 14.6 Å². The van der Waals surface area contributed by atoms with E-state index >= 15 is 0 Å². The van der Waals surface area contributed by atoms with Crippen LogP contribution in [-0.2, 0) is 24.3 Å². The zero-order chi connectivity index (χ0) is 20.7. The maximum absolute atomic E-state index is 12.1. The highest BCUT2D eigenvalue weighted by Gasteiger charge is 2.18. The van der Waals surface area contributed by atoms with Gasteiger partial charge in [-0.3, -0.25) is 9.59 Å². The van der Waals surface area contributed by atoms with Crippen molar-refractivity contribution in [2.24, 2.45) is 5.14 Å². The van der Waals surface area contributed by atoms with E-state index in [1.165, 1.54) is 31.2 Å². The van der Waals surface area contributed by atoms with Crippen LogP contribution < -0.4 is 15.2 Å². The van der Waals surface area contributed by atoms with Crippen LogP contribution >= 0.6 is 0 Å². The number of hydrogen-bond acceptors (Lipinski definition) is 6. The molecule has 0 spiro atoms. The molecule has 1 amide bonds. The van der Waals surface area contributed by atoms with Crippen LogP contribution in [0.3, 0.4) is 0 Å². The molecule has 0 aromatic heterocycles. The number of esters is 1. The van der Waals surface area contributed by atoms with Gasteiger partial charge in [-0.05, 0) is 55.8 Å². The van der Waals surface area contributed by atoms with Crippen molar-refractivity contribution in [2.45, 2.75) is 31.3 Å². The Hall–Kier alpha value is -2.91. The highest BCUT2D eigenvalue weighted by atomic mass is 32.2. The van der Waals surface area contributed by atoms with E-state index in [1.54, 1.807) is 6.07 Å². The van der Waals surface area contributed by atoms with Crippen molar-refractivity contribution < 1.29 is 27.5 Å². The Morgan fingerprint density at radius 1 is 1.14 bits per heavy atom. The van der Waals surface area contributed by atoms with Crippen LogP contribution in [0.4, 0.5) is 5.69 Å². The fourth-order valence-corrected chi connectivity index (χ4v) is 2.75. The third kappa shape index (κ3) is 6.67. The lowest BCUT2D eigenvalue weighted by molar-refractivity contribution is -0.153. The topological polar surface area (TPSA) is 125 Å². The number of sulfonamides is 1. The molecule has 0 fully saturated rings. The minimum Gasteiger partial charge on any atom is -0.493 e. The first-order chi connectivity index (χ1) is 13.1. The van der Waals surface area contributed by atoms with Crippen LogP contribution in [0.2, 0.25) is 0 Å². The third-order valence-electron chi connectivity index (χ3n) is 3.69. The zero-order valence-corrected chi connectivity index (χ0v) is 16.4. The number of nitrogens with two attached hydrogens (primary N) is 1. The lowest BCUT2D eigenvalue weighted by Gasteiger charge is -2.14. The lowest BCUT2D eigenvalue weighted by atomic mass is 10.2. The SMILES string of the molecule is Cc1cccc(OCCC(=O)O[C@H](C)C(=O)Nc2ccc(S(N)(=O)=O)cc2)c1. The standard InChI is InChI=1S/C19H22N2O6S/c1-13-4-3-5-16(12-13)26-11-10-18(22)27-14(2)19(23)21-15-6-8-17(9-7-15)28(20,24)25/h3-9,12,14H,10-11H2,1-2H3,(H,21,23)(H2,20,24,25)/t14-/m1/s1. The van der Waals surface area contributed by atoms with E-state index in [2.05, 4.69) is 5.32 Å². The molecule has 3 N–H and O–H groups in total. The molecule has 1 atom stereocenters.